The van der Waals surface area contributed by atoms with Crippen LogP contribution in [0.4, 0.5) is 5.69 Å². The summed E-state index contributed by atoms with van der Waals surface area (Å²) in [6.07, 6.45) is 1.86. The van der Waals surface area contributed by atoms with Crippen molar-refractivity contribution in [2.75, 3.05) is 32.0 Å². The van der Waals surface area contributed by atoms with E-state index in [2.05, 4.69) is 0 Å². The van der Waals surface area contributed by atoms with Crippen molar-refractivity contribution in [3.05, 3.63) is 30.0 Å². The first kappa shape index (κ1) is 12.0. The SMILES string of the molecule is Cn1cc(C(=O)N2CCOCC2)c2c(N)cccc21. The second-order valence-corrected chi connectivity index (χ2v) is 4.80. The molecule has 2 N–H and O–H groups in total. The Morgan fingerprint density at radius 2 is 2.05 bits per heavy atom. The molecule has 0 bridgehead atoms. The minimum Gasteiger partial charge on any atom is -0.398 e. The number of anilines is 1. The lowest BCUT2D eigenvalue weighted by Crippen LogP contribution is -2.40. The molecular formula is C14H17N3O2. The summed E-state index contributed by atoms with van der Waals surface area (Å²) in [6.45, 7) is 2.49. The number of rotatable bonds is 1. The molecule has 0 aliphatic carbocycles. The summed E-state index contributed by atoms with van der Waals surface area (Å²) in [7, 11) is 1.93. The summed E-state index contributed by atoms with van der Waals surface area (Å²) >= 11 is 0. The highest BCUT2D eigenvalue weighted by atomic mass is 16.5. The lowest BCUT2D eigenvalue weighted by Gasteiger charge is -2.26. The van der Waals surface area contributed by atoms with Gasteiger partial charge in [-0.3, -0.25) is 4.79 Å². The molecule has 5 nitrogen and oxygen atoms in total. The maximum Gasteiger partial charge on any atom is 0.256 e. The van der Waals surface area contributed by atoms with E-state index in [9.17, 15) is 4.79 Å². The summed E-state index contributed by atoms with van der Waals surface area (Å²) in [5.74, 6) is 0.0341. The van der Waals surface area contributed by atoms with Crippen molar-refractivity contribution < 1.29 is 9.53 Å². The molecule has 1 aliphatic rings. The van der Waals surface area contributed by atoms with E-state index in [0.29, 0.717) is 37.6 Å². The van der Waals surface area contributed by atoms with Crippen molar-refractivity contribution in [1.82, 2.24) is 9.47 Å². The van der Waals surface area contributed by atoms with Gasteiger partial charge in [0.2, 0.25) is 0 Å². The molecule has 0 saturated carbocycles. The minimum absolute atomic E-state index is 0.0341. The third-order valence-electron chi connectivity index (χ3n) is 3.58. The first-order chi connectivity index (χ1) is 9.18. The molecule has 2 aromatic rings. The van der Waals surface area contributed by atoms with Gasteiger partial charge in [-0.05, 0) is 12.1 Å². The first-order valence-corrected chi connectivity index (χ1v) is 6.39. The fourth-order valence-corrected chi connectivity index (χ4v) is 2.57. The Morgan fingerprint density at radius 3 is 2.79 bits per heavy atom. The summed E-state index contributed by atoms with van der Waals surface area (Å²) < 4.78 is 7.22. The molecule has 3 rings (SSSR count). The molecule has 1 aromatic heterocycles. The predicted molar refractivity (Wildman–Crippen MR) is 74.1 cm³/mol. The zero-order valence-electron chi connectivity index (χ0n) is 10.9. The highest BCUT2D eigenvalue weighted by Gasteiger charge is 2.22. The van der Waals surface area contributed by atoms with E-state index in [-0.39, 0.29) is 5.91 Å². The van der Waals surface area contributed by atoms with Gasteiger partial charge in [0.1, 0.15) is 0 Å². The third kappa shape index (κ3) is 1.96. The van der Waals surface area contributed by atoms with Crippen LogP contribution in [0.15, 0.2) is 24.4 Å². The van der Waals surface area contributed by atoms with Crippen molar-refractivity contribution in [3.8, 4) is 0 Å². The Labute approximate surface area is 111 Å². The van der Waals surface area contributed by atoms with E-state index in [1.54, 1.807) is 0 Å². The van der Waals surface area contributed by atoms with Gasteiger partial charge in [-0.15, -0.1) is 0 Å². The van der Waals surface area contributed by atoms with Gasteiger partial charge in [0, 0.05) is 37.4 Å². The predicted octanol–water partition coefficient (Wildman–Crippen LogP) is 1.23. The molecule has 19 heavy (non-hydrogen) atoms. The van der Waals surface area contributed by atoms with Gasteiger partial charge in [0.25, 0.3) is 5.91 Å². The second-order valence-electron chi connectivity index (χ2n) is 4.80. The number of fused-ring (bicyclic) bond motifs is 1. The normalized spacial score (nSPS) is 15.9. The molecule has 2 heterocycles. The standard InChI is InChI=1S/C14H17N3O2/c1-16-9-10(13-11(15)3-2-4-12(13)16)14(18)17-5-7-19-8-6-17/h2-4,9H,5-8,15H2,1H3. The maximum absolute atomic E-state index is 12.6. The van der Waals surface area contributed by atoms with E-state index in [4.69, 9.17) is 10.5 Å². The van der Waals surface area contributed by atoms with Crippen LogP contribution < -0.4 is 5.73 Å². The van der Waals surface area contributed by atoms with Crippen LogP contribution in [0.2, 0.25) is 0 Å². The molecule has 100 valence electrons. The van der Waals surface area contributed by atoms with Gasteiger partial charge in [-0.1, -0.05) is 6.07 Å². The van der Waals surface area contributed by atoms with Crippen molar-refractivity contribution in [3.63, 3.8) is 0 Å². The van der Waals surface area contributed by atoms with Crippen LogP contribution in [0.1, 0.15) is 10.4 Å². The summed E-state index contributed by atoms with van der Waals surface area (Å²) in [5, 5.41) is 0.849. The Hall–Kier alpha value is -2.01. The molecule has 5 heteroatoms. The number of hydrogen-bond acceptors (Lipinski definition) is 3. The van der Waals surface area contributed by atoms with E-state index >= 15 is 0 Å². The molecule has 0 radical (unpaired) electrons. The number of amides is 1. The summed E-state index contributed by atoms with van der Waals surface area (Å²) in [6, 6.07) is 5.71. The smallest absolute Gasteiger partial charge is 0.256 e. The number of morpholine rings is 1. The third-order valence-corrected chi connectivity index (χ3v) is 3.58. The van der Waals surface area contributed by atoms with Crippen molar-refractivity contribution in [2.45, 2.75) is 0 Å². The summed E-state index contributed by atoms with van der Waals surface area (Å²) in [5.41, 5.74) is 8.34. The fraction of sp³-hybridized carbons (Fsp3) is 0.357. The molecule has 1 aliphatic heterocycles. The lowest BCUT2D eigenvalue weighted by atomic mass is 10.1. The largest absolute Gasteiger partial charge is 0.398 e. The Balaban J connectivity index is 2.07. The highest BCUT2D eigenvalue weighted by Crippen LogP contribution is 2.27. The first-order valence-electron chi connectivity index (χ1n) is 6.39. The van der Waals surface area contributed by atoms with E-state index in [0.717, 1.165) is 10.9 Å². The number of carbonyl (C=O) groups is 1. The number of nitrogens with two attached hydrogens (primary N) is 1. The number of carbonyl (C=O) groups excluding carboxylic acids is 1. The number of ether oxygens (including phenoxy) is 1. The molecule has 1 fully saturated rings. The number of nitrogens with zero attached hydrogens (tertiary/aromatic N) is 2. The molecular weight excluding hydrogens is 242 g/mol. The number of nitrogen functional groups attached to an aromatic ring is 1. The van der Waals surface area contributed by atoms with Gasteiger partial charge in [0.05, 0.1) is 24.3 Å². The number of hydrogen-bond donors (Lipinski definition) is 1. The highest BCUT2D eigenvalue weighted by molar-refractivity contribution is 6.11. The number of aromatic nitrogens is 1. The average molecular weight is 259 g/mol. The molecule has 1 aromatic carbocycles. The van der Waals surface area contributed by atoms with Gasteiger partial charge >= 0.3 is 0 Å². The average Bonchev–Trinajstić information content (AvgIpc) is 2.78. The summed E-state index contributed by atoms with van der Waals surface area (Å²) in [4.78, 5) is 14.4. The van der Waals surface area contributed by atoms with Crippen molar-refractivity contribution in [2.24, 2.45) is 7.05 Å². The lowest BCUT2D eigenvalue weighted by molar-refractivity contribution is 0.0304. The minimum atomic E-state index is 0.0341. The second kappa shape index (κ2) is 4.59. The number of benzene rings is 1. The van der Waals surface area contributed by atoms with Gasteiger partial charge in [-0.2, -0.15) is 0 Å². The quantitative estimate of drug-likeness (QED) is 0.784. The Bertz CT molecular complexity index is 627. The molecule has 0 unspecified atom stereocenters. The molecule has 1 amide bonds. The van der Waals surface area contributed by atoms with Crippen LogP contribution in [0.25, 0.3) is 10.9 Å². The van der Waals surface area contributed by atoms with Crippen LogP contribution in [-0.4, -0.2) is 41.7 Å². The van der Waals surface area contributed by atoms with E-state index in [1.165, 1.54) is 0 Å². The van der Waals surface area contributed by atoms with E-state index in [1.807, 2.05) is 40.9 Å². The maximum atomic E-state index is 12.6. The van der Waals surface area contributed by atoms with Crippen molar-refractivity contribution >= 4 is 22.5 Å². The van der Waals surface area contributed by atoms with Crippen LogP contribution in [0.5, 0.6) is 0 Å². The number of aryl methyl sites for hydroxylation is 1. The topological polar surface area (TPSA) is 60.5 Å². The van der Waals surface area contributed by atoms with Gasteiger partial charge < -0.3 is 19.9 Å². The Morgan fingerprint density at radius 1 is 1.32 bits per heavy atom. The van der Waals surface area contributed by atoms with Crippen LogP contribution in [-0.2, 0) is 11.8 Å². The van der Waals surface area contributed by atoms with Gasteiger partial charge in [-0.25, -0.2) is 0 Å². The zero-order valence-corrected chi connectivity index (χ0v) is 10.9. The molecule has 1 saturated heterocycles. The van der Waals surface area contributed by atoms with Crippen LogP contribution in [0.3, 0.4) is 0 Å². The Kier molecular flexibility index (Phi) is 2.91. The van der Waals surface area contributed by atoms with Gasteiger partial charge in [0.15, 0.2) is 0 Å². The molecule has 0 spiro atoms. The molecule has 0 atom stereocenters. The van der Waals surface area contributed by atoms with Crippen LogP contribution in [0, 0.1) is 0 Å². The fourth-order valence-electron chi connectivity index (χ4n) is 2.57. The zero-order chi connectivity index (χ0) is 13.4. The van der Waals surface area contributed by atoms with Crippen LogP contribution >= 0.6 is 0 Å². The van der Waals surface area contributed by atoms with Crippen molar-refractivity contribution in [1.29, 1.82) is 0 Å². The van der Waals surface area contributed by atoms with E-state index < -0.39 is 0 Å². The monoisotopic (exact) mass is 259 g/mol.